The largest absolute Gasteiger partial charge is 0.507 e. The van der Waals surface area contributed by atoms with Crippen LogP contribution < -0.4 is 14.2 Å². The molecule has 0 saturated carbocycles. The predicted octanol–water partition coefficient (Wildman–Crippen LogP) is 4.51. The van der Waals surface area contributed by atoms with E-state index in [0.717, 1.165) is 5.56 Å². The van der Waals surface area contributed by atoms with Crippen molar-refractivity contribution in [1.82, 2.24) is 0 Å². The molecule has 0 aliphatic carbocycles. The second-order valence-corrected chi connectivity index (χ2v) is 7.07. The van der Waals surface area contributed by atoms with E-state index in [4.69, 9.17) is 14.2 Å². The van der Waals surface area contributed by atoms with Crippen LogP contribution in [0.15, 0.2) is 36.4 Å². The number of ether oxygens (including phenoxy) is 3. The molecule has 0 unspecified atom stereocenters. The van der Waals surface area contributed by atoms with E-state index in [9.17, 15) is 19.5 Å². The summed E-state index contributed by atoms with van der Waals surface area (Å²) in [7, 11) is 0. The number of phenolic OH excluding ortho intramolecular Hbond substituents is 1. The number of hydrogen-bond acceptors (Lipinski definition) is 7. The molecule has 1 N–H and O–H groups in total. The number of carbonyl (C=O) groups is 3. The minimum atomic E-state index is -0.577. The van der Waals surface area contributed by atoms with Crippen molar-refractivity contribution in [2.45, 2.75) is 52.1 Å². The first kappa shape index (κ1) is 21.4. The van der Waals surface area contributed by atoms with E-state index < -0.39 is 12.1 Å². The molecule has 1 atom stereocenters. The number of fused-ring (bicyclic) bond motifs is 1. The van der Waals surface area contributed by atoms with Crippen molar-refractivity contribution < 1.29 is 33.7 Å². The van der Waals surface area contributed by atoms with Crippen LogP contribution in [0.1, 0.15) is 68.0 Å². The van der Waals surface area contributed by atoms with E-state index >= 15 is 0 Å². The van der Waals surface area contributed by atoms with Gasteiger partial charge in [-0.2, -0.15) is 0 Å². The quantitative estimate of drug-likeness (QED) is 0.528. The monoisotopic (exact) mass is 412 g/mol. The predicted molar refractivity (Wildman–Crippen MR) is 108 cm³/mol. The Bertz CT molecular complexity index is 947. The summed E-state index contributed by atoms with van der Waals surface area (Å²) in [4.78, 5) is 35.9. The minimum absolute atomic E-state index is 0.0461. The lowest BCUT2D eigenvalue weighted by Gasteiger charge is -2.26. The van der Waals surface area contributed by atoms with Gasteiger partial charge >= 0.3 is 11.9 Å². The van der Waals surface area contributed by atoms with Gasteiger partial charge in [0.1, 0.15) is 34.7 Å². The molecule has 7 nitrogen and oxygen atoms in total. The van der Waals surface area contributed by atoms with Crippen LogP contribution in [0.3, 0.4) is 0 Å². The van der Waals surface area contributed by atoms with Gasteiger partial charge in [-0.1, -0.05) is 26.0 Å². The molecule has 1 aliphatic heterocycles. The van der Waals surface area contributed by atoms with Gasteiger partial charge in [0.25, 0.3) is 0 Å². The molecule has 0 spiro atoms. The summed E-state index contributed by atoms with van der Waals surface area (Å²) in [5.41, 5.74) is 0.795. The van der Waals surface area contributed by atoms with E-state index in [-0.39, 0.29) is 47.4 Å². The van der Waals surface area contributed by atoms with Crippen molar-refractivity contribution in [2.24, 2.45) is 0 Å². The zero-order valence-electron chi connectivity index (χ0n) is 17.0. The van der Waals surface area contributed by atoms with Gasteiger partial charge in [-0.3, -0.25) is 14.4 Å². The minimum Gasteiger partial charge on any atom is -0.507 e. The topological polar surface area (TPSA) is 99.1 Å². The third-order valence-corrected chi connectivity index (χ3v) is 4.60. The van der Waals surface area contributed by atoms with Crippen LogP contribution in [-0.2, 0) is 9.59 Å². The molecule has 0 aromatic heterocycles. The van der Waals surface area contributed by atoms with Crippen molar-refractivity contribution in [3.05, 3.63) is 47.5 Å². The second-order valence-electron chi connectivity index (χ2n) is 7.07. The number of Topliss-reactive ketones (excluding diaryl/α,β-unsaturated/α-hetero) is 1. The van der Waals surface area contributed by atoms with Crippen LogP contribution in [-0.4, -0.2) is 22.8 Å². The van der Waals surface area contributed by atoms with Gasteiger partial charge in [0.05, 0.1) is 6.42 Å². The highest BCUT2D eigenvalue weighted by atomic mass is 16.5. The highest BCUT2D eigenvalue weighted by Crippen LogP contribution is 2.42. The van der Waals surface area contributed by atoms with Crippen molar-refractivity contribution in [3.8, 4) is 23.0 Å². The van der Waals surface area contributed by atoms with Crippen LogP contribution in [0, 0.1) is 0 Å². The lowest BCUT2D eigenvalue weighted by atomic mass is 9.95. The summed E-state index contributed by atoms with van der Waals surface area (Å²) in [6.07, 6.45) is 1.40. The molecule has 0 bridgehead atoms. The standard InChI is InChI=1S/C23H24O7/c1-3-5-21(26)28-15-9-7-14(8-10-15)19-13-18(25)23-17(24)11-16(12-20(23)30-19)29-22(27)6-4-2/h7-12,19,24H,3-6,13H2,1-2H3/t19-/m1/s1. The Hall–Kier alpha value is -3.35. The van der Waals surface area contributed by atoms with Crippen LogP contribution in [0.5, 0.6) is 23.0 Å². The molecule has 1 heterocycles. The molecular weight excluding hydrogens is 388 g/mol. The van der Waals surface area contributed by atoms with Crippen LogP contribution in [0.2, 0.25) is 0 Å². The summed E-state index contributed by atoms with van der Waals surface area (Å²) in [5.74, 6) is -0.586. The number of hydrogen-bond donors (Lipinski definition) is 1. The van der Waals surface area contributed by atoms with Gasteiger partial charge in [0, 0.05) is 25.0 Å². The zero-order chi connectivity index (χ0) is 21.7. The number of benzene rings is 2. The zero-order valence-corrected chi connectivity index (χ0v) is 17.0. The van der Waals surface area contributed by atoms with Gasteiger partial charge < -0.3 is 19.3 Å². The van der Waals surface area contributed by atoms with Gasteiger partial charge in [-0.25, -0.2) is 0 Å². The summed E-state index contributed by atoms with van der Waals surface area (Å²) in [6, 6.07) is 9.42. The maximum atomic E-state index is 12.6. The maximum Gasteiger partial charge on any atom is 0.311 e. The smallest absolute Gasteiger partial charge is 0.311 e. The van der Waals surface area contributed by atoms with Gasteiger partial charge in [-0.05, 0) is 30.5 Å². The number of carbonyl (C=O) groups excluding carboxylic acids is 3. The third-order valence-electron chi connectivity index (χ3n) is 4.60. The molecule has 1 aliphatic rings. The Kier molecular flexibility index (Phi) is 6.72. The number of phenols is 1. The average molecular weight is 412 g/mol. The Balaban J connectivity index is 1.78. The molecule has 0 saturated heterocycles. The van der Waals surface area contributed by atoms with Gasteiger partial charge in [0.2, 0.25) is 0 Å². The van der Waals surface area contributed by atoms with E-state index in [1.54, 1.807) is 24.3 Å². The number of ketones is 1. The number of aromatic hydroxyl groups is 1. The maximum absolute atomic E-state index is 12.6. The number of esters is 2. The first-order valence-corrected chi connectivity index (χ1v) is 9.99. The molecular formula is C23H24O7. The Labute approximate surface area is 174 Å². The first-order valence-electron chi connectivity index (χ1n) is 9.99. The van der Waals surface area contributed by atoms with Crippen LogP contribution in [0.4, 0.5) is 0 Å². The Morgan fingerprint density at radius 1 is 1.00 bits per heavy atom. The number of rotatable bonds is 7. The van der Waals surface area contributed by atoms with E-state index in [0.29, 0.717) is 25.0 Å². The summed E-state index contributed by atoms with van der Waals surface area (Å²) in [5, 5.41) is 10.2. The fourth-order valence-electron chi connectivity index (χ4n) is 3.18. The SMILES string of the molecule is CCCC(=O)Oc1ccc([C@H]2CC(=O)c3c(O)cc(OC(=O)CCC)cc3O2)cc1. The Morgan fingerprint density at radius 3 is 2.20 bits per heavy atom. The van der Waals surface area contributed by atoms with Crippen LogP contribution >= 0.6 is 0 Å². The molecule has 30 heavy (non-hydrogen) atoms. The summed E-state index contributed by atoms with van der Waals surface area (Å²) in [6.45, 7) is 3.75. The third kappa shape index (κ3) is 4.97. The molecule has 3 rings (SSSR count). The normalized spacial score (nSPS) is 15.1. The lowest BCUT2D eigenvalue weighted by Crippen LogP contribution is -2.21. The molecule has 0 radical (unpaired) electrons. The average Bonchev–Trinajstić information content (AvgIpc) is 2.68. The van der Waals surface area contributed by atoms with Gasteiger partial charge in [-0.15, -0.1) is 0 Å². The molecule has 0 amide bonds. The molecule has 158 valence electrons. The lowest BCUT2D eigenvalue weighted by molar-refractivity contribution is -0.135. The molecule has 2 aromatic rings. The van der Waals surface area contributed by atoms with E-state index in [2.05, 4.69) is 0 Å². The van der Waals surface area contributed by atoms with Crippen molar-refractivity contribution in [2.75, 3.05) is 0 Å². The van der Waals surface area contributed by atoms with Gasteiger partial charge in [0.15, 0.2) is 5.78 Å². The first-order chi connectivity index (χ1) is 14.4. The van der Waals surface area contributed by atoms with Crippen molar-refractivity contribution in [3.63, 3.8) is 0 Å². The summed E-state index contributed by atoms with van der Waals surface area (Å²) < 4.78 is 16.4. The summed E-state index contributed by atoms with van der Waals surface area (Å²) >= 11 is 0. The highest BCUT2D eigenvalue weighted by molar-refractivity contribution is 6.02. The fraction of sp³-hybridized carbons (Fsp3) is 0.348. The second kappa shape index (κ2) is 9.43. The highest BCUT2D eigenvalue weighted by Gasteiger charge is 2.31. The molecule has 0 fully saturated rings. The molecule has 2 aromatic carbocycles. The molecule has 7 heteroatoms. The Morgan fingerprint density at radius 2 is 1.60 bits per heavy atom. The van der Waals surface area contributed by atoms with E-state index in [1.807, 2.05) is 13.8 Å². The van der Waals surface area contributed by atoms with Crippen LogP contribution in [0.25, 0.3) is 0 Å². The van der Waals surface area contributed by atoms with Crippen molar-refractivity contribution >= 4 is 17.7 Å². The van der Waals surface area contributed by atoms with Crippen molar-refractivity contribution in [1.29, 1.82) is 0 Å². The van der Waals surface area contributed by atoms with E-state index in [1.165, 1.54) is 12.1 Å². The fourth-order valence-corrected chi connectivity index (χ4v) is 3.18.